The minimum absolute atomic E-state index is 0.390. The normalized spacial score (nSPS) is 10.8. The average molecular weight is 273 g/mol. The van der Waals surface area contributed by atoms with E-state index in [0.29, 0.717) is 17.5 Å². The van der Waals surface area contributed by atoms with E-state index >= 15 is 0 Å². The lowest BCUT2D eigenvalue weighted by molar-refractivity contribution is 1.09. The average Bonchev–Trinajstić information content (AvgIpc) is 2.75. The van der Waals surface area contributed by atoms with Crippen molar-refractivity contribution in [2.24, 2.45) is 0 Å². The fraction of sp³-hybridized carbons (Fsp3) is 0.143. The molecule has 0 amide bonds. The predicted octanol–water partition coefficient (Wildman–Crippen LogP) is 3.53. The van der Waals surface area contributed by atoms with Crippen LogP contribution in [-0.4, -0.2) is 15.0 Å². The van der Waals surface area contributed by atoms with Crippen molar-refractivity contribution in [1.29, 1.82) is 0 Å². The zero-order valence-corrected chi connectivity index (χ0v) is 11.2. The quantitative estimate of drug-likeness (QED) is 0.767. The van der Waals surface area contributed by atoms with Gasteiger partial charge in [0.15, 0.2) is 0 Å². The molecule has 0 aliphatic heterocycles. The Labute approximate surface area is 115 Å². The first-order valence-corrected chi connectivity index (χ1v) is 6.38. The Morgan fingerprint density at radius 2 is 2.16 bits per heavy atom. The van der Waals surface area contributed by atoms with Crippen LogP contribution in [0.5, 0.6) is 0 Å². The summed E-state index contributed by atoms with van der Waals surface area (Å²) in [5.41, 5.74) is 3.51. The number of fused-ring (bicyclic) bond motifs is 1. The van der Waals surface area contributed by atoms with Crippen LogP contribution in [-0.2, 0) is 6.54 Å². The molecule has 5 heteroatoms. The second kappa shape index (κ2) is 4.90. The SMILES string of the molecule is Cc1cc2cc(CNc3cncc(Cl)n3)ccc2[nH]1. The third-order valence-electron chi connectivity index (χ3n) is 2.90. The largest absolute Gasteiger partial charge is 0.365 e. The van der Waals surface area contributed by atoms with Gasteiger partial charge in [-0.15, -0.1) is 0 Å². The minimum Gasteiger partial charge on any atom is -0.365 e. The van der Waals surface area contributed by atoms with E-state index in [4.69, 9.17) is 11.6 Å². The van der Waals surface area contributed by atoms with Crippen molar-refractivity contribution in [3.8, 4) is 0 Å². The Morgan fingerprint density at radius 3 is 3.00 bits per heavy atom. The van der Waals surface area contributed by atoms with E-state index in [9.17, 15) is 0 Å². The van der Waals surface area contributed by atoms with E-state index in [1.165, 1.54) is 22.8 Å². The van der Waals surface area contributed by atoms with E-state index in [2.05, 4.69) is 51.5 Å². The molecule has 2 N–H and O–H groups in total. The summed E-state index contributed by atoms with van der Waals surface area (Å²) in [5.74, 6) is 0.679. The van der Waals surface area contributed by atoms with Gasteiger partial charge in [0, 0.05) is 17.8 Å². The van der Waals surface area contributed by atoms with Gasteiger partial charge < -0.3 is 10.3 Å². The number of aromatic nitrogens is 3. The summed E-state index contributed by atoms with van der Waals surface area (Å²) in [6.07, 6.45) is 3.17. The highest BCUT2D eigenvalue weighted by atomic mass is 35.5. The summed E-state index contributed by atoms with van der Waals surface area (Å²) < 4.78 is 0. The van der Waals surface area contributed by atoms with Crippen LogP contribution in [0.15, 0.2) is 36.7 Å². The number of aryl methyl sites for hydroxylation is 1. The number of halogens is 1. The molecule has 0 saturated carbocycles. The molecule has 2 heterocycles. The summed E-state index contributed by atoms with van der Waals surface area (Å²) in [7, 11) is 0. The van der Waals surface area contributed by atoms with Gasteiger partial charge in [-0.2, -0.15) is 0 Å². The van der Waals surface area contributed by atoms with Gasteiger partial charge in [0.25, 0.3) is 0 Å². The van der Waals surface area contributed by atoms with Crippen LogP contribution in [0.25, 0.3) is 10.9 Å². The van der Waals surface area contributed by atoms with Gasteiger partial charge in [-0.1, -0.05) is 17.7 Å². The van der Waals surface area contributed by atoms with Gasteiger partial charge >= 0.3 is 0 Å². The Bertz CT molecular complexity index is 720. The van der Waals surface area contributed by atoms with Gasteiger partial charge in [-0.25, -0.2) is 4.98 Å². The molecule has 0 saturated heterocycles. The lowest BCUT2D eigenvalue weighted by atomic mass is 10.1. The highest BCUT2D eigenvalue weighted by Crippen LogP contribution is 2.17. The highest BCUT2D eigenvalue weighted by molar-refractivity contribution is 6.29. The maximum absolute atomic E-state index is 5.79. The van der Waals surface area contributed by atoms with Gasteiger partial charge in [0.1, 0.15) is 11.0 Å². The van der Waals surface area contributed by atoms with Crippen LogP contribution in [0.2, 0.25) is 5.15 Å². The third-order valence-corrected chi connectivity index (χ3v) is 3.08. The fourth-order valence-electron chi connectivity index (χ4n) is 2.06. The molecule has 0 aliphatic rings. The Morgan fingerprint density at radius 1 is 1.26 bits per heavy atom. The summed E-state index contributed by atoms with van der Waals surface area (Å²) >= 11 is 5.79. The first-order valence-electron chi connectivity index (χ1n) is 6.00. The summed E-state index contributed by atoms with van der Waals surface area (Å²) in [6, 6.07) is 8.47. The van der Waals surface area contributed by atoms with Crippen molar-refractivity contribution in [2.45, 2.75) is 13.5 Å². The van der Waals surface area contributed by atoms with Crippen molar-refractivity contribution in [3.63, 3.8) is 0 Å². The zero-order chi connectivity index (χ0) is 13.2. The molecule has 0 atom stereocenters. The molecule has 96 valence electrons. The monoisotopic (exact) mass is 272 g/mol. The van der Waals surface area contributed by atoms with Crippen molar-refractivity contribution >= 4 is 28.3 Å². The lowest BCUT2D eigenvalue weighted by Gasteiger charge is -2.05. The number of hydrogen-bond acceptors (Lipinski definition) is 3. The van der Waals surface area contributed by atoms with E-state index in [1.807, 2.05) is 0 Å². The molecule has 0 aliphatic carbocycles. The Balaban J connectivity index is 1.78. The Kier molecular flexibility index (Phi) is 3.09. The second-order valence-corrected chi connectivity index (χ2v) is 4.84. The van der Waals surface area contributed by atoms with Crippen LogP contribution < -0.4 is 5.32 Å². The summed E-state index contributed by atoms with van der Waals surface area (Å²) in [5, 5.41) is 4.81. The van der Waals surface area contributed by atoms with Crippen molar-refractivity contribution in [2.75, 3.05) is 5.32 Å². The molecule has 0 unspecified atom stereocenters. The van der Waals surface area contributed by atoms with Crippen molar-refractivity contribution < 1.29 is 0 Å². The van der Waals surface area contributed by atoms with Crippen LogP contribution in [0.1, 0.15) is 11.3 Å². The minimum atomic E-state index is 0.390. The molecular formula is C14H13ClN4. The standard InChI is InChI=1S/C14H13ClN4/c1-9-4-11-5-10(2-3-12(11)18-9)6-17-14-8-16-7-13(15)19-14/h2-5,7-8,18H,6H2,1H3,(H,17,19). The Hall–Kier alpha value is -2.07. The fourth-order valence-corrected chi connectivity index (χ4v) is 2.20. The molecular weight excluding hydrogens is 260 g/mol. The van der Waals surface area contributed by atoms with Crippen molar-refractivity contribution in [3.05, 3.63) is 53.1 Å². The third kappa shape index (κ3) is 2.69. The predicted molar refractivity (Wildman–Crippen MR) is 77.4 cm³/mol. The molecule has 4 nitrogen and oxygen atoms in total. The van der Waals surface area contributed by atoms with Crippen molar-refractivity contribution in [1.82, 2.24) is 15.0 Å². The van der Waals surface area contributed by atoms with E-state index < -0.39 is 0 Å². The van der Waals surface area contributed by atoms with Crippen LogP contribution in [0.3, 0.4) is 0 Å². The van der Waals surface area contributed by atoms with E-state index in [-0.39, 0.29) is 0 Å². The lowest BCUT2D eigenvalue weighted by Crippen LogP contribution is -2.01. The molecule has 19 heavy (non-hydrogen) atoms. The number of benzene rings is 1. The van der Waals surface area contributed by atoms with Crippen LogP contribution in [0, 0.1) is 6.92 Å². The molecule has 3 rings (SSSR count). The number of nitrogens with zero attached hydrogens (tertiary/aromatic N) is 2. The first-order chi connectivity index (χ1) is 9.20. The molecule has 2 aromatic heterocycles. The smallest absolute Gasteiger partial charge is 0.149 e. The number of aromatic amines is 1. The molecule has 0 radical (unpaired) electrons. The number of rotatable bonds is 3. The van der Waals surface area contributed by atoms with Gasteiger partial charge in [-0.05, 0) is 36.1 Å². The number of nitrogens with one attached hydrogen (secondary N) is 2. The van der Waals surface area contributed by atoms with E-state index in [1.54, 1.807) is 6.20 Å². The van der Waals surface area contributed by atoms with Crippen LogP contribution in [0.4, 0.5) is 5.82 Å². The highest BCUT2D eigenvalue weighted by Gasteiger charge is 2.01. The molecule has 0 fully saturated rings. The number of H-pyrrole nitrogens is 1. The maximum atomic E-state index is 5.79. The number of anilines is 1. The second-order valence-electron chi connectivity index (χ2n) is 4.45. The van der Waals surface area contributed by atoms with Gasteiger partial charge in [0.2, 0.25) is 0 Å². The first kappa shape index (κ1) is 12.0. The van der Waals surface area contributed by atoms with Gasteiger partial charge in [-0.3, -0.25) is 4.98 Å². The molecule has 0 spiro atoms. The molecule has 0 bridgehead atoms. The van der Waals surface area contributed by atoms with Crippen LogP contribution >= 0.6 is 11.6 Å². The number of hydrogen-bond donors (Lipinski definition) is 2. The topological polar surface area (TPSA) is 53.6 Å². The molecule has 3 aromatic rings. The maximum Gasteiger partial charge on any atom is 0.149 e. The molecule has 1 aromatic carbocycles. The van der Waals surface area contributed by atoms with E-state index in [0.717, 1.165) is 5.52 Å². The zero-order valence-electron chi connectivity index (χ0n) is 10.4. The summed E-state index contributed by atoms with van der Waals surface area (Å²) in [4.78, 5) is 11.4. The summed E-state index contributed by atoms with van der Waals surface area (Å²) in [6.45, 7) is 2.74. The van der Waals surface area contributed by atoms with Gasteiger partial charge in [0.05, 0.1) is 12.4 Å².